The molecule has 4 aromatic heterocycles. The number of carbonyl (C=O) groups excluding carboxylic acids is 1. The molecule has 0 aliphatic rings. The molecule has 1 amide bonds. The van der Waals surface area contributed by atoms with E-state index in [1.165, 1.54) is 0 Å². The van der Waals surface area contributed by atoms with Gasteiger partial charge in [0.25, 0.3) is 5.91 Å². The lowest BCUT2D eigenvalue weighted by atomic mass is 10.2. The van der Waals surface area contributed by atoms with Gasteiger partial charge in [0.2, 0.25) is 0 Å². The van der Waals surface area contributed by atoms with Gasteiger partial charge in [0.15, 0.2) is 5.65 Å². The van der Waals surface area contributed by atoms with Crippen LogP contribution in [-0.2, 0) is 6.42 Å². The SMILES string of the molecule is O=C(NCCc1cc2nc(-c3ccncc3)ccn2n1)c1ccncc1. The fourth-order valence-corrected chi connectivity index (χ4v) is 2.64. The molecule has 0 aromatic carbocycles. The van der Waals surface area contributed by atoms with Gasteiger partial charge >= 0.3 is 0 Å². The van der Waals surface area contributed by atoms with Crippen LogP contribution in [0.3, 0.4) is 0 Å². The van der Waals surface area contributed by atoms with E-state index in [0.29, 0.717) is 18.5 Å². The predicted octanol–water partition coefficient (Wildman–Crippen LogP) is 2.16. The zero-order chi connectivity index (χ0) is 17.8. The summed E-state index contributed by atoms with van der Waals surface area (Å²) < 4.78 is 1.74. The Labute approximate surface area is 149 Å². The number of amides is 1. The number of pyridine rings is 2. The van der Waals surface area contributed by atoms with Gasteiger partial charge in [-0.15, -0.1) is 0 Å². The minimum absolute atomic E-state index is 0.116. The van der Waals surface area contributed by atoms with Gasteiger partial charge in [-0.05, 0) is 30.3 Å². The van der Waals surface area contributed by atoms with Gasteiger partial charge in [-0.3, -0.25) is 14.8 Å². The lowest BCUT2D eigenvalue weighted by Crippen LogP contribution is -2.25. The second-order valence-electron chi connectivity index (χ2n) is 5.73. The summed E-state index contributed by atoms with van der Waals surface area (Å²) in [6.45, 7) is 0.502. The van der Waals surface area contributed by atoms with E-state index < -0.39 is 0 Å². The summed E-state index contributed by atoms with van der Waals surface area (Å²) in [5.74, 6) is -0.116. The molecule has 7 nitrogen and oxygen atoms in total. The van der Waals surface area contributed by atoms with Gasteiger partial charge in [0.05, 0.1) is 11.4 Å². The van der Waals surface area contributed by atoms with Crippen molar-refractivity contribution >= 4 is 11.6 Å². The first-order chi connectivity index (χ1) is 12.8. The quantitative estimate of drug-likeness (QED) is 0.600. The van der Waals surface area contributed by atoms with E-state index in [0.717, 1.165) is 22.6 Å². The second-order valence-corrected chi connectivity index (χ2v) is 5.73. The molecule has 0 bridgehead atoms. The summed E-state index contributed by atoms with van der Waals surface area (Å²) in [4.78, 5) is 24.6. The third kappa shape index (κ3) is 3.41. The monoisotopic (exact) mass is 344 g/mol. The number of hydrogen-bond acceptors (Lipinski definition) is 5. The minimum Gasteiger partial charge on any atom is -0.352 e. The molecule has 4 heterocycles. The first-order valence-corrected chi connectivity index (χ1v) is 8.23. The number of nitrogens with one attached hydrogen (secondary N) is 1. The Hall–Kier alpha value is -3.61. The molecule has 0 aliphatic carbocycles. The molecule has 0 saturated carbocycles. The highest BCUT2D eigenvalue weighted by Crippen LogP contribution is 2.16. The fourth-order valence-electron chi connectivity index (χ4n) is 2.64. The van der Waals surface area contributed by atoms with Crippen LogP contribution in [0, 0.1) is 0 Å². The molecule has 0 atom stereocenters. The van der Waals surface area contributed by atoms with Gasteiger partial charge in [-0.1, -0.05) is 0 Å². The summed E-state index contributed by atoms with van der Waals surface area (Å²) in [5, 5.41) is 7.38. The Bertz CT molecular complexity index is 1030. The van der Waals surface area contributed by atoms with Crippen LogP contribution in [0.5, 0.6) is 0 Å². The zero-order valence-electron chi connectivity index (χ0n) is 13.9. The first kappa shape index (κ1) is 15.9. The largest absolute Gasteiger partial charge is 0.352 e. The maximum Gasteiger partial charge on any atom is 0.251 e. The molecule has 128 valence electrons. The lowest BCUT2D eigenvalue weighted by molar-refractivity contribution is 0.0954. The highest BCUT2D eigenvalue weighted by atomic mass is 16.1. The summed E-state index contributed by atoms with van der Waals surface area (Å²) in [6.07, 6.45) is 9.21. The second kappa shape index (κ2) is 7.10. The topological polar surface area (TPSA) is 85.1 Å². The van der Waals surface area contributed by atoms with E-state index in [9.17, 15) is 4.79 Å². The van der Waals surface area contributed by atoms with Gasteiger partial charge in [-0.25, -0.2) is 9.50 Å². The average Bonchev–Trinajstić information content (AvgIpc) is 3.11. The van der Waals surface area contributed by atoms with Crippen LogP contribution in [-0.4, -0.2) is 37.0 Å². The molecule has 26 heavy (non-hydrogen) atoms. The first-order valence-electron chi connectivity index (χ1n) is 8.23. The smallest absolute Gasteiger partial charge is 0.251 e. The molecule has 0 radical (unpaired) electrons. The molecule has 4 aromatic rings. The lowest BCUT2D eigenvalue weighted by Gasteiger charge is -2.03. The van der Waals surface area contributed by atoms with Crippen LogP contribution in [0.15, 0.2) is 67.4 Å². The third-order valence-electron chi connectivity index (χ3n) is 3.96. The maximum absolute atomic E-state index is 12.0. The van der Waals surface area contributed by atoms with Crippen molar-refractivity contribution in [1.82, 2.24) is 29.9 Å². The fraction of sp³-hybridized carbons (Fsp3) is 0.105. The van der Waals surface area contributed by atoms with E-state index in [1.807, 2.05) is 30.5 Å². The molecule has 0 unspecified atom stereocenters. The standard InChI is InChI=1S/C19H16N6O/c26-19(15-3-9-21-10-4-15)22-11-5-16-13-18-23-17(6-12-25(18)24-16)14-1-7-20-8-2-14/h1-4,6-10,12-13H,5,11H2,(H,22,26). The van der Waals surface area contributed by atoms with Crippen molar-refractivity contribution in [2.45, 2.75) is 6.42 Å². The summed E-state index contributed by atoms with van der Waals surface area (Å²) in [6, 6.07) is 11.1. The Morgan fingerprint density at radius 2 is 1.73 bits per heavy atom. The zero-order valence-corrected chi connectivity index (χ0v) is 13.9. The van der Waals surface area contributed by atoms with Gasteiger partial charge in [0.1, 0.15) is 0 Å². The van der Waals surface area contributed by atoms with Crippen molar-refractivity contribution in [3.05, 3.63) is 78.6 Å². The van der Waals surface area contributed by atoms with Crippen molar-refractivity contribution in [3.8, 4) is 11.3 Å². The van der Waals surface area contributed by atoms with Crippen molar-refractivity contribution in [2.75, 3.05) is 6.54 Å². The molecule has 1 N–H and O–H groups in total. The molecule has 7 heteroatoms. The summed E-state index contributed by atoms with van der Waals surface area (Å²) in [7, 11) is 0. The highest BCUT2D eigenvalue weighted by molar-refractivity contribution is 5.93. The van der Waals surface area contributed by atoms with E-state index in [1.54, 1.807) is 41.4 Å². The normalized spacial score (nSPS) is 10.8. The Morgan fingerprint density at radius 3 is 2.50 bits per heavy atom. The highest BCUT2D eigenvalue weighted by Gasteiger charge is 2.07. The van der Waals surface area contributed by atoms with E-state index in [2.05, 4.69) is 25.4 Å². The van der Waals surface area contributed by atoms with Crippen molar-refractivity contribution in [1.29, 1.82) is 0 Å². The Morgan fingerprint density at radius 1 is 1.00 bits per heavy atom. The molecule has 0 spiro atoms. The molecular weight excluding hydrogens is 328 g/mol. The van der Waals surface area contributed by atoms with Crippen molar-refractivity contribution < 1.29 is 4.79 Å². The number of carbonyl (C=O) groups is 1. The van der Waals surface area contributed by atoms with Crippen molar-refractivity contribution in [2.24, 2.45) is 0 Å². The predicted molar refractivity (Wildman–Crippen MR) is 96.5 cm³/mol. The Balaban J connectivity index is 1.44. The van der Waals surface area contributed by atoms with Gasteiger partial charge < -0.3 is 5.32 Å². The number of fused-ring (bicyclic) bond motifs is 1. The maximum atomic E-state index is 12.0. The molecule has 0 fully saturated rings. The van der Waals surface area contributed by atoms with Crippen molar-refractivity contribution in [3.63, 3.8) is 0 Å². The van der Waals surface area contributed by atoms with Crippen LogP contribution in [0.1, 0.15) is 16.1 Å². The van der Waals surface area contributed by atoms with Gasteiger partial charge in [-0.2, -0.15) is 5.10 Å². The van der Waals surface area contributed by atoms with Crippen LogP contribution < -0.4 is 5.32 Å². The third-order valence-corrected chi connectivity index (χ3v) is 3.96. The number of hydrogen-bond donors (Lipinski definition) is 1. The number of aromatic nitrogens is 5. The van der Waals surface area contributed by atoms with Crippen LogP contribution >= 0.6 is 0 Å². The van der Waals surface area contributed by atoms with E-state index >= 15 is 0 Å². The van der Waals surface area contributed by atoms with E-state index in [-0.39, 0.29) is 5.91 Å². The molecular formula is C19H16N6O. The minimum atomic E-state index is -0.116. The Kier molecular flexibility index (Phi) is 4.34. The average molecular weight is 344 g/mol. The number of rotatable bonds is 5. The van der Waals surface area contributed by atoms with Crippen LogP contribution in [0.25, 0.3) is 16.9 Å². The summed E-state index contributed by atoms with van der Waals surface area (Å²) >= 11 is 0. The summed E-state index contributed by atoms with van der Waals surface area (Å²) in [5.41, 5.74) is 4.13. The van der Waals surface area contributed by atoms with Crippen LogP contribution in [0.2, 0.25) is 0 Å². The van der Waals surface area contributed by atoms with Crippen LogP contribution in [0.4, 0.5) is 0 Å². The van der Waals surface area contributed by atoms with E-state index in [4.69, 9.17) is 0 Å². The molecule has 0 saturated heterocycles. The molecule has 0 aliphatic heterocycles. The number of nitrogens with zero attached hydrogens (tertiary/aromatic N) is 5. The molecule has 4 rings (SSSR count). The van der Waals surface area contributed by atoms with Gasteiger partial charge in [0, 0.05) is 61.1 Å².